The van der Waals surface area contributed by atoms with E-state index in [1.54, 1.807) is 18.8 Å². The molecule has 16 heavy (non-hydrogen) atoms. The van der Waals surface area contributed by atoms with Crippen molar-refractivity contribution in [1.82, 2.24) is 5.06 Å². The Bertz CT molecular complexity index is 355. The van der Waals surface area contributed by atoms with Gasteiger partial charge in [0.05, 0.1) is 12.9 Å². The van der Waals surface area contributed by atoms with Gasteiger partial charge in [0.15, 0.2) is 0 Å². The Hall–Kier alpha value is -1.00. The molecule has 88 valence electrons. The van der Waals surface area contributed by atoms with Gasteiger partial charge in [-0.05, 0) is 12.5 Å². The predicted molar refractivity (Wildman–Crippen MR) is 67.1 cm³/mol. The highest BCUT2D eigenvalue weighted by Gasteiger charge is 2.07. The van der Waals surface area contributed by atoms with Gasteiger partial charge in [0.2, 0.25) is 0 Å². The molecule has 0 spiro atoms. The topological polar surface area (TPSA) is 29.5 Å². The van der Waals surface area contributed by atoms with Crippen LogP contribution in [-0.4, -0.2) is 30.9 Å². The number of benzene rings is 1. The third-order valence-corrected chi connectivity index (χ3v) is 3.19. The van der Waals surface area contributed by atoms with Gasteiger partial charge in [-0.25, -0.2) is 5.06 Å². The summed E-state index contributed by atoms with van der Waals surface area (Å²) in [5.74, 6) is 1.28. The third-order valence-electron chi connectivity index (χ3n) is 2.20. The number of hydroxylamine groups is 2. The van der Waals surface area contributed by atoms with Crippen LogP contribution in [0, 0.1) is 6.92 Å². The quantitative estimate of drug-likeness (QED) is 0.738. The summed E-state index contributed by atoms with van der Waals surface area (Å²) in [5.41, 5.74) is 2.50. The molecule has 1 rings (SSSR count). The van der Waals surface area contributed by atoms with Gasteiger partial charge in [-0.1, -0.05) is 29.8 Å². The predicted octanol–water partition coefficient (Wildman–Crippen LogP) is 2.25. The van der Waals surface area contributed by atoms with E-state index >= 15 is 0 Å². The van der Waals surface area contributed by atoms with Gasteiger partial charge in [-0.2, -0.15) is 0 Å². The summed E-state index contributed by atoms with van der Waals surface area (Å²) in [6, 6.07) is 8.31. The number of hydrogen-bond donors (Lipinski definition) is 0. The van der Waals surface area contributed by atoms with Crippen LogP contribution in [0.5, 0.6) is 0 Å². The van der Waals surface area contributed by atoms with Crippen molar-refractivity contribution in [3.8, 4) is 0 Å². The van der Waals surface area contributed by atoms with E-state index in [1.807, 2.05) is 6.07 Å². The zero-order chi connectivity index (χ0) is 12.0. The molecule has 3 nitrogen and oxygen atoms in total. The Morgan fingerprint density at radius 3 is 2.88 bits per heavy atom. The summed E-state index contributed by atoms with van der Waals surface area (Å²) in [7, 11) is 3.11. The first-order chi connectivity index (χ1) is 7.63. The van der Waals surface area contributed by atoms with Crippen molar-refractivity contribution in [2.45, 2.75) is 12.7 Å². The molecular formula is C12H17NO2S. The Labute approximate surface area is 101 Å². The zero-order valence-corrected chi connectivity index (χ0v) is 10.7. The summed E-state index contributed by atoms with van der Waals surface area (Å²) >= 11 is 1.60. The second-order valence-corrected chi connectivity index (χ2v) is 4.54. The number of hydrogen-bond acceptors (Lipinski definition) is 3. The van der Waals surface area contributed by atoms with Crippen molar-refractivity contribution < 1.29 is 9.63 Å². The number of amides is 1. The fourth-order valence-electron chi connectivity index (χ4n) is 1.25. The van der Waals surface area contributed by atoms with Crippen LogP contribution in [0.25, 0.3) is 0 Å². The summed E-state index contributed by atoms with van der Waals surface area (Å²) in [6.07, 6.45) is 0. The van der Waals surface area contributed by atoms with Crippen LogP contribution in [0.15, 0.2) is 24.3 Å². The van der Waals surface area contributed by atoms with E-state index in [4.69, 9.17) is 4.84 Å². The summed E-state index contributed by atoms with van der Waals surface area (Å²) in [5, 5.41) is 1.25. The molecule has 1 aromatic rings. The number of carbonyl (C=O) groups excluding carboxylic acids is 1. The molecule has 0 aliphatic carbocycles. The summed E-state index contributed by atoms with van der Waals surface area (Å²) < 4.78 is 0. The minimum Gasteiger partial charge on any atom is -0.275 e. The lowest BCUT2D eigenvalue weighted by atomic mass is 10.2. The van der Waals surface area contributed by atoms with Crippen molar-refractivity contribution in [2.75, 3.05) is 19.9 Å². The summed E-state index contributed by atoms with van der Waals surface area (Å²) in [6.45, 7) is 2.07. The van der Waals surface area contributed by atoms with Crippen LogP contribution < -0.4 is 0 Å². The van der Waals surface area contributed by atoms with Crippen LogP contribution in [-0.2, 0) is 15.4 Å². The first-order valence-corrected chi connectivity index (χ1v) is 6.23. The normalized spacial score (nSPS) is 10.2. The largest absolute Gasteiger partial charge is 0.275 e. The lowest BCUT2D eigenvalue weighted by Gasteiger charge is -2.12. The van der Waals surface area contributed by atoms with Gasteiger partial charge in [0.1, 0.15) is 0 Å². The highest BCUT2D eigenvalue weighted by molar-refractivity contribution is 7.99. The van der Waals surface area contributed by atoms with Gasteiger partial charge in [0.25, 0.3) is 5.91 Å². The number of nitrogens with zero attached hydrogens (tertiary/aromatic N) is 1. The highest BCUT2D eigenvalue weighted by Crippen LogP contribution is 2.13. The maximum Gasteiger partial charge on any atom is 0.255 e. The number of thioether (sulfide) groups is 1. The fourth-order valence-corrected chi connectivity index (χ4v) is 2.12. The molecule has 1 amide bonds. The smallest absolute Gasteiger partial charge is 0.255 e. The van der Waals surface area contributed by atoms with Crippen LogP contribution >= 0.6 is 11.8 Å². The molecule has 0 aliphatic heterocycles. The maximum absolute atomic E-state index is 11.4. The van der Waals surface area contributed by atoms with E-state index in [9.17, 15) is 4.79 Å². The molecule has 4 heteroatoms. The van der Waals surface area contributed by atoms with Crippen LogP contribution in [0.4, 0.5) is 0 Å². The lowest BCUT2D eigenvalue weighted by Crippen LogP contribution is -2.27. The molecule has 1 aromatic carbocycles. The van der Waals surface area contributed by atoms with Crippen LogP contribution in [0.3, 0.4) is 0 Å². The first-order valence-electron chi connectivity index (χ1n) is 5.07. The Morgan fingerprint density at radius 1 is 1.50 bits per heavy atom. The molecule has 0 fully saturated rings. The van der Waals surface area contributed by atoms with E-state index in [1.165, 1.54) is 23.3 Å². The minimum atomic E-state index is -0.0137. The molecule has 0 atom stereocenters. The zero-order valence-electron chi connectivity index (χ0n) is 9.90. The van der Waals surface area contributed by atoms with Crippen molar-refractivity contribution in [3.63, 3.8) is 0 Å². The van der Waals surface area contributed by atoms with Crippen molar-refractivity contribution in [3.05, 3.63) is 35.4 Å². The van der Waals surface area contributed by atoms with E-state index in [2.05, 4.69) is 25.1 Å². The third kappa shape index (κ3) is 4.24. The van der Waals surface area contributed by atoms with Gasteiger partial charge < -0.3 is 0 Å². The van der Waals surface area contributed by atoms with Crippen LogP contribution in [0.1, 0.15) is 11.1 Å². The average Bonchev–Trinajstić information content (AvgIpc) is 2.28. The number of carbonyl (C=O) groups is 1. The molecular weight excluding hydrogens is 222 g/mol. The van der Waals surface area contributed by atoms with E-state index < -0.39 is 0 Å². The first kappa shape index (κ1) is 13.1. The van der Waals surface area contributed by atoms with Gasteiger partial charge in [-0.3, -0.25) is 9.63 Å². The van der Waals surface area contributed by atoms with E-state index in [-0.39, 0.29) is 5.91 Å². The highest BCUT2D eigenvalue weighted by atomic mass is 32.2. The monoisotopic (exact) mass is 239 g/mol. The van der Waals surface area contributed by atoms with Crippen molar-refractivity contribution >= 4 is 17.7 Å². The van der Waals surface area contributed by atoms with Gasteiger partial charge >= 0.3 is 0 Å². The standard InChI is InChI=1S/C12H17NO2S/c1-10-5-4-6-11(7-10)8-16-9-12(14)13(2)15-3/h4-7H,8-9H2,1-3H3. The molecule has 0 heterocycles. The molecule has 0 aromatic heterocycles. The molecule has 0 saturated carbocycles. The molecule has 0 aliphatic rings. The number of rotatable bonds is 5. The molecule has 0 saturated heterocycles. The Morgan fingerprint density at radius 2 is 2.25 bits per heavy atom. The van der Waals surface area contributed by atoms with Crippen molar-refractivity contribution in [2.24, 2.45) is 0 Å². The molecule has 0 unspecified atom stereocenters. The lowest BCUT2D eigenvalue weighted by molar-refractivity contribution is -0.165. The van der Waals surface area contributed by atoms with Gasteiger partial charge in [-0.15, -0.1) is 11.8 Å². The van der Waals surface area contributed by atoms with Gasteiger partial charge in [0, 0.05) is 12.8 Å². The van der Waals surface area contributed by atoms with Crippen molar-refractivity contribution in [1.29, 1.82) is 0 Å². The second-order valence-electron chi connectivity index (χ2n) is 3.56. The average molecular weight is 239 g/mol. The minimum absolute atomic E-state index is 0.0137. The van der Waals surface area contributed by atoms with E-state index in [0.717, 1.165) is 5.75 Å². The summed E-state index contributed by atoms with van der Waals surface area (Å²) in [4.78, 5) is 16.2. The SMILES string of the molecule is CON(C)C(=O)CSCc1cccc(C)c1. The van der Waals surface area contributed by atoms with E-state index in [0.29, 0.717) is 5.75 Å². The maximum atomic E-state index is 11.4. The number of aryl methyl sites for hydroxylation is 1. The molecule has 0 radical (unpaired) electrons. The second kappa shape index (κ2) is 6.55. The Kier molecular flexibility index (Phi) is 5.35. The van der Waals surface area contributed by atoms with Crippen LogP contribution in [0.2, 0.25) is 0 Å². The molecule has 0 N–H and O–H groups in total. The molecule has 0 bridgehead atoms. The Balaban J connectivity index is 2.33. The fraction of sp³-hybridized carbons (Fsp3) is 0.417.